The monoisotopic (exact) mass is 367 g/mol. The summed E-state index contributed by atoms with van der Waals surface area (Å²) < 4.78 is 0. The van der Waals surface area contributed by atoms with Crippen LogP contribution in [0.15, 0.2) is 33.9 Å². The van der Waals surface area contributed by atoms with Gasteiger partial charge in [-0.3, -0.25) is 24.6 Å². The second kappa shape index (κ2) is 6.86. The minimum atomic E-state index is -0.441. The summed E-state index contributed by atoms with van der Waals surface area (Å²) in [5.74, 6) is 0.873. The highest BCUT2D eigenvalue weighted by molar-refractivity contribution is 5.79. The number of aromatic nitrogens is 4. The van der Waals surface area contributed by atoms with E-state index >= 15 is 0 Å². The van der Waals surface area contributed by atoms with Crippen LogP contribution >= 0.6 is 0 Å². The zero-order valence-electron chi connectivity index (χ0n) is 15.0. The third-order valence-corrected chi connectivity index (χ3v) is 5.05. The molecule has 27 heavy (non-hydrogen) atoms. The number of aryl methyl sites for hydroxylation is 1. The zero-order valence-corrected chi connectivity index (χ0v) is 15.0. The number of nitrogens with one attached hydrogen (secondary N) is 3. The van der Waals surface area contributed by atoms with Gasteiger partial charge in [-0.2, -0.15) is 0 Å². The van der Waals surface area contributed by atoms with Crippen LogP contribution < -0.4 is 11.1 Å². The lowest BCUT2D eigenvalue weighted by molar-refractivity contribution is -0.131. The van der Waals surface area contributed by atoms with Crippen LogP contribution in [0.4, 0.5) is 0 Å². The molecule has 3 N–H and O–H groups in total. The lowest BCUT2D eigenvalue weighted by Gasteiger charge is -2.31. The van der Waals surface area contributed by atoms with Crippen LogP contribution in [0.1, 0.15) is 35.7 Å². The molecule has 1 unspecified atom stereocenters. The molecule has 1 aliphatic heterocycles. The summed E-state index contributed by atoms with van der Waals surface area (Å²) in [6.45, 7) is 3.24. The van der Waals surface area contributed by atoms with Crippen LogP contribution in [0.5, 0.6) is 0 Å². The minimum absolute atomic E-state index is 0.0781. The average molecular weight is 367 g/mol. The van der Waals surface area contributed by atoms with E-state index in [4.69, 9.17) is 0 Å². The van der Waals surface area contributed by atoms with E-state index in [9.17, 15) is 14.4 Å². The molecule has 3 aromatic rings. The van der Waals surface area contributed by atoms with Crippen molar-refractivity contribution in [2.24, 2.45) is 0 Å². The second-order valence-electron chi connectivity index (χ2n) is 7.11. The van der Waals surface area contributed by atoms with Crippen molar-refractivity contribution < 1.29 is 4.79 Å². The number of aromatic amines is 3. The van der Waals surface area contributed by atoms with Gasteiger partial charge in [0.1, 0.15) is 5.82 Å². The largest absolute Gasteiger partial charge is 0.342 e. The van der Waals surface area contributed by atoms with Gasteiger partial charge in [0, 0.05) is 30.6 Å². The fourth-order valence-corrected chi connectivity index (χ4v) is 3.63. The van der Waals surface area contributed by atoms with Crippen molar-refractivity contribution in [1.29, 1.82) is 0 Å². The molecule has 2 aromatic heterocycles. The van der Waals surface area contributed by atoms with Crippen LogP contribution in [-0.2, 0) is 11.2 Å². The van der Waals surface area contributed by atoms with Gasteiger partial charge in [-0.05, 0) is 37.5 Å². The molecule has 0 saturated carbocycles. The molecule has 0 bridgehead atoms. The summed E-state index contributed by atoms with van der Waals surface area (Å²) in [7, 11) is 0. The maximum Gasteiger partial charge on any atom is 0.266 e. The predicted molar refractivity (Wildman–Crippen MR) is 101 cm³/mol. The number of hydrogen-bond donors (Lipinski definition) is 3. The van der Waals surface area contributed by atoms with E-state index in [2.05, 4.69) is 26.2 Å². The maximum atomic E-state index is 12.7. The number of likely N-dealkylation sites (tertiary alicyclic amines) is 1. The third-order valence-electron chi connectivity index (χ3n) is 5.05. The molecule has 1 aliphatic rings. The molecule has 0 spiro atoms. The van der Waals surface area contributed by atoms with Gasteiger partial charge in [-0.15, -0.1) is 0 Å². The van der Waals surface area contributed by atoms with E-state index in [1.807, 2.05) is 19.1 Å². The Bertz CT molecular complexity index is 1110. The molecule has 1 aromatic carbocycles. The average Bonchev–Trinajstić information content (AvgIpc) is 3.08. The second-order valence-corrected chi connectivity index (χ2v) is 7.11. The molecule has 0 aliphatic carbocycles. The summed E-state index contributed by atoms with van der Waals surface area (Å²) in [4.78, 5) is 45.7. The number of imidazole rings is 1. The quantitative estimate of drug-likeness (QED) is 0.645. The first-order chi connectivity index (χ1) is 13.0. The standard InChI is InChI=1S/C19H21N5O3/c1-11-4-5-14-15(7-11)21-18(20-14)12-3-2-6-24(10-12)17(26)9-13-8-16(25)22-23-19(13)27/h4-5,7-8,12H,2-3,6,9-10H2,1H3,(H,20,21)(H,22,25)(H,23,27). The van der Waals surface area contributed by atoms with E-state index in [0.29, 0.717) is 13.1 Å². The van der Waals surface area contributed by atoms with Crippen molar-refractivity contribution >= 4 is 16.9 Å². The van der Waals surface area contributed by atoms with Gasteiger partial charge >= 0.3 is 0 Å². The first-order valence-corrected chi connectivity index (χ1v) is 9.04. The minimum Gasteiger partial charge on any atom is -0.342 e. The highest BCUT2D eigenvalue weighted by Crippen LogP contribution is 2.27. The van der Waals surface area contributed by atoms with E-state index in [1.165, 1.54) is 11.6 Å². The Labute approximate surface area is 154 Å². The SMILES string of the molecule is Cc1ccc2nc(C3CCCN(C(=O)Cc4cc(=O)[nH][nH]c4=O)C3)[nH]c2c1. The molecule has 1 saturated heterocycles. The number of hydrogen-bond acceptors (Lipinski definition) is 4. The molecule has 8 nitrogen and oxygen atoms in total. The van der Waals surface area contributed by atoms with Crippen LogP contribution in [0.3, 0.4) is 0 Å². The number of carbonyl (C=O) groups is 1. The summed E-state index contributed by atoms with van der Waals surface area (Å²) in [5, 5.41) is 4.46. The Kier molecular flexibility index (Phi) is 4.39. The summed E-state index contributed by atoms with van der Waals surface area (Å²) in [6, 6.07) is 7.27. The highest BCUT2D eigenvalue weighted by Gasteiger charge is 2.27. The number of fused-ring (bicyclic) bond motifs is 1. The zero-order chi connectivity index (χ0) is 19.0. The van der Waals surface area contributed by atoms with Crippen molar-refractivity contribution in [2.45, 2.75) is 32.1 Å². The summed E-state index contributed by atoms with van der Waals surface area (Å²) in [6.07, 6.45) is 1.75. The Morgan fingerprint density at radius 1 is 1.26 bits per heavy atom. The van der Waals surface area contributed by atoms with E-state index < -0.39 is 11.1 Å². The number of piperidine rings is 1. The maximum absolute atomic E-state index is 12.7. The normalized spacial score (nSPS) is 17.4. The summed E-state index contributed by atoms with van der Waals surface area (Å²) >= 11 is 0. The van der Waals surface area contributed by atoms with E-state index in [-0.39, 0.29) is 23.8 Å². The number of rotatable bonds is 3. The molecule has 1 fully saturated rings. The lowest BCUT2D eigenvalue weighted by atomic mass is 9.97. The Morgan fingerprint density at radius 2 is 2.11 bits per heavy atom. The van der Waals surface area contributed by atoms with Gasteiger partial charge in [-0.1, -0.05) is 6.07 Å². The van der Waals surface area contributed by atoms with Crippen LogP contribution in [0.25, 0.3) is 11.0 Å². The van der Waals surface area contributed by atoms with Crippen molar-refractivity contribution in [2.75, 3.05) is 13.1 Å². The number of benzene rings is 1. The number of nitrogens with zero attached hydrogens (tertiary/aromatic N) is 2. The van der Waals surface area contributed by atoms with Gasteiger partial charge in [0.2, 0.25) is 5.91 Å². The molecular formula is C19H21N5O3. The molecule has 1 amide bonds. The topological polar surface area (TPSA) is 115 Å². The Morgan fingerprint density at radius 3 is 2.96 bits per heavy atom. The van der Waals surface area contributed by atoms with E-state index in [1.54, 1.807) is 4.90 Å². The molecule has 4 rings (SSSR count). The first-order valence-electron chi connectivity index (χ1n) is 9.04. The van der Waals surface area contributed by atoms with Crippen molar-refractivity contribution in [3.63, 3.8) is 0 Å². The van der Waals surface area contributed by atoms with E-state index in [0.717, 1.165) is 29.7 Å². The lowest BCUT2D eigenvalue weighted by Crippen LogP contribution is -2.41. The highest BCUT2D eigenvalue weighted by atomic mass is 16.2. The molecular weight excluding hydrogens is 346 g/mol. The molecule has 1 atom stereocenters. The first kappa shape index (κ1) is 17.3. The van der Waals surface area contributed by atoms with Gasteiger partial charge in [-0.25, -0.2) is 4.98 Å². The fourth-order valence-electron chi connectivity index (χ4n) is 3.63. The van der Waals surface area contributed by atoms with Crippen LogP contribution in [0.2, 0.25) is 0 Å². The smallest absolute Gasteiger partial charge is 0.266 e. The number of carbonyl (C=O) groups excluding carboxylic acids is 1. The summed E-state index contributed by atoms with van der Waals surface area (Å²) in [5.41, 5.74) is 2.42. The van der Waals surface area contributed by atoms with Crippen molar-refractivity contribution in [3.05, 3.63) is 61.9 Å². The molecule has 3 heterocycles. The number of H-pyrrole nitrogens is 3. The predicted octanol–water partition coefficient (Wildman–Crippen LogP) is 1.20. The molecule has 0 radical (unpaired) electrons. The van der Waals surface area contributed by atoms with Crippen molar-refractivity contribution in [1.82, 2.24) is 25.1 Å². The van der Waals surface area contributed by atoms with Gasteiger partial charge in [0.05, 0.1) is 17.5 Å². The van der Waals surface area contributed by atoms with Gasteiger partial charge in [0.15, 0.2) is 0 Å². The third kappa shape index (κ3) is 3.55. The Balaban J connectivity index is 1.51. The van der Waals surface area contributed by atoms with Gasteiger partial charge in [0.25, 0.3) is 11.1 Å². The van der Waals surface area contributed by atoms with Crippen molar-refractivity contribution in [3.8, 4) is 0 Å². The van der Waals surface area contributed by atoms with Crippen LogP contribution in [-0.4, -0.2) is 44.1 Å². The molecule has 140 valence electrons. The Hall–Kier alpha value is -3.16. The molecule has 8 heteroatoms. The number of amides is 1. The van der Waals surface area contributed by atoms with Gasteiger partial charge < -0.3 is 9.88 Å². The van der Waals surface area contributed by atoms with Crippen LogP contribution in [0, 0.1) is 6.92 Å². The fraction of sp³-hybridized carbons (Fsp3) is 0.368.